The first-order valence-corrected chi connectivity index (χ1v) is 8.08. The summed E-state index contributed by atoms with van der Waals surface area (Å²) in [6.07, 6.45) is -0.635. The number of carbonyl (C=O) groups is 2. The topological polar surface area (TPSA) is 82.5 Å². The summed E-state index contributed by atoms with van der Waals surface area (Å²) in [6.45, 7) is 1.73. The number of alkyl halides is 3. The summed E-state index contributed by atoms with van der Waals surface area (Å²) in [5.74, 6) is -1.94. The van der Waals surface area contributed by atoms with Gasteiger partial charge >= 0.3 is 12.1 Å². The highest BCUT2D eigenvalue weighted by atomic mass is 19.4. The third-order valence-corrected chi connectivity index (χ3v) is 3.98. The molecule has 2 N–H and O–H groups in total. The maximum absolute atomic E-state index is 12.4. The van der Waals surface area contributed by atoms with E-state index in [-0.39, 0.29) is 5.56 Å². The van der Waals surface area contributed by atoms with Crippen molar-refractivity contribution < 1.29 is 27.9 Å². The molecule has 0 aliphatic carbocycles. The van der Waals surface area contributed by atoms with Gasteiger partial charge in [0.15, 0.2) is 0 Å². The molecule has 1 unspecified atom stereocenters. The van der Waals surface area contributed by atoms with E-state index in [0.717, 1.165) is 38.8 Å². The van der Waals surface area contributed by atoms with E-state index >= 15 is 0 Å². The predicted octanol–water partition coefficient (Wildman–Crippen LogP) is 2.60. The van der Waals surface area contributed by atoms with Crippen LogP contribution < -0.4 is 10.2 Å². The molecule has 0 radical (unpaired) electrons. The number of carbonyl (C=O) groups excluding carboxylic acids is 1. The highest BCUT2D eigenvalue weighted by Crippen LogP contribution is 2.22. The average molecular weight is 359 g/mol. The molecule has 1 aromatic rings. The smallest absolute Gasteiger partial charge is 0.391 e. The monoisotopic (exact) mass is 359 g/mol. The molecule has 6 nitrogen and oxygen atoms in total. The number of nitrogens with one attached hydrogen (secondary N) is 1. The lowest BCUT2D eigenvalue weighted by Gasteiger charge is -2.21. The molecule has 1 atom stereocenters. The molecule has 2 rings (SSSR count). The Morgan fingerprint density at radius 1 is 1.20 bits per heavy atom. The minimum Gasteiger partial charge on any atom is -0.480 e. The van der Waals surface area contributed by atoms with Crippen LogP contribution in [0.15, 0.2) is 18.3 Å². The molecule has 1 fully saturated rings. The van der Waals surface area contributed by atoms with Crippen molar-refractivity contribution in [3.8, 4) is 0 Å². The van der Waals surface area contributed by atoms with Crippen molar-refractivity contribution >= 4 is 17.7 Å². The molecular formula is C16H20F3N3O3. The Bertz CT molecular complexity index is 597. The maximum Gasteiger partial charge on any atom is 0.391 e. The van der Waals surface area contributed by atoms with Crippen molar-refractivity contribution in [2.75, 3.05) is 18.0 Å². The SMILES string of the molecule is O=C(NC(CC(F)(F)F)C(=O)O)c1ccc(N2CCCCCC2)nc1. The first kappa shape index (κ1) is 19.0. The number of amides is 1. The van der Waals surface area contributed by atoms with Crippen LogP contribution in [-0.4, -0.2) is 47.3 Å². The van der Waals surface area contributed by atoms with E-state index in [9.17, 15) is 22.8 Å². The number of carboxylic acids is 1. The zero-order valence-corrected chi connectivity index (χ0v) is 13.6. The number of hydrogen-bond acceptors (Lipinski definition) is 4. The second-order valence-electron chi connectivity index (χ2n) is 5.99. The number of carboxylic acid groups (broad SMARTS) is 1. The zero-order chi connectivity index (χ0) is 18.4. The van der Waals surface area contributed by atoms with E-state index in [1.807, 2.05) is 5.32 Å². The molecule has 25 heavy (non-hydrogen) atoms. The fourth-order valence-corrected chi connectivity index (χ4v) is 2.68. The fourth-order valence-electron chi connectivity index (χ4n) is 2.68. The van der Waals surface area contributed by atoms with Crippen LogP contribution in [0.3, 0.4) is 0 Å². The Hall–Kier alpha value is -2.32. The summed E-state index contributed by atoms with van der Waals surface area (Å²) in [6, 6.07) is 1.03. The minimum absolute atomic E-state index is 0.0204. The van der Waals surface area contributed by atoms with E-state index in [0.29, 0.717) is 5.82 Å². The van der Waals surface area contributed by atoms with Crippen molar-refractivity contribution in [3.63, 3.8) is 0 Å². The molecule has 0 bridgehead atoms. The van der Waals surface area contributed by atoms with Gasteiger partial charge in [-0.3, -0.25) is 4.79 Å². The Balaban J connectivity index is 2.02. The zero-order valence-electron chi connectivity index (χ0n) is 13.6. The molecular weight excluding hydrogens is 339 g/mol. The number of pyridine rings is 1. The second kappa shape index (κ2) is 8.17. The number of aromatic nitrogens is 1. The minimum atomic E-state index is -4.69. The molecule has 138 valence electrons. The second-order valence-corrected chi connectivity index (χ2v) is 5.99. The van der Waals surface area contributed by atoms with Gasteiger partial charge < -0.3 is 15.3 Å². The quantitative estimate of drug-likeness (QED) is 0.844. The highest BCUT2D eigenvalue weighted by Gasteiger charge is 2.36. The lowest BCUT2D eigenvalue weighted by Crippen LogP contribution is -2.43. The van der Waals surface area contributed by atoms with Gasteiger partial charge in [-0.15, -0.1) is 0 Å². The molecule has 2 heterocycles. The van der Waals surface area contributed by atoms with E-state index in [1.165, 1.54) is 12.3 Å². The number of nitrogens with zero attached hydrogens (tertiary/aromatic N) is 2. The summed E-state index contributed by atoms with van der Waals surface area (Å²) in [4.78, 5) is 29.2. The lowest BCUT2D eigenvalue weighted by atomic mass is 10.1. The molecule has 0 saturated carbocycles. The Kier molecular flexibility index (Phi) is 6.22. The number of aliphatic carboxylic acids is 1. The first-order chi connectivity index (χ1) is 11.8. The maximum atomic E-state index is 12.4. The summed E-state index contributed by atoms with van der Waals surface area (Å²) in [5.41, 5.74) is 0.0204. The van der Waals surface area contributed by atoms with Gasteiger partial charge in [0.2, 0.25) is 0 Å². The van der Waals surface area contributed by atoms with Gasteiger partial charge in [-0.1, -0.05) is 12.8 Å². The van der Waals surface area contributed by atoms with Crippen LogP contribution in [0.25, 0.3) is 0 Å². The van der Waals surface area contributed by atoms with E-state index in [4.69, 9.17) is 5.11 Å². The van der Waals surface area contributed by atoms with Crippen LogP contribution in [0.1, 0.15) is 42.5 Å². The summed E-state index contributed by atoms with van der Waals surface area (Å²) >= 11 is 0. The van der Waals surface area contributed by atoms with Gasteiger partial charge in [0.05, 0.1) is 12.0 Å². The van der Waals surface area contributed by atoms with Crippen LogP contribution >= 0.6 is 0 Å². The predicted molar refractivity (Wildman–Crippen MR) is 84.5 cm³/mol. The van der Waals surface area contributed by atoms with Gasteiger partial charge in [0, 0.05) is 19.3 Å². The van der Waals surface area contributed by atoms with Gasteiger partial charge in [-0.2, -0.15) is 13.2 Å². The molecule has 1 aromatic heterocycles. The first-order valence-electron chi connectivity index (χ1n) is 8.08. The van der Waals surface area contributed by atoms with Crippen molar-refractivity contribution in [1.29, 1.82) is 0 Å². The van der Waals surface area contributed by atoms with E-state index < -0.39 is 30.5 Å². The van der Waals surface area contributed by atoms with Crippen LogP contribution in [-0.2, 0) is 4.79 Å². The fraction of sp³-hybridized carbons (Fsp3) is 0.562. The third-order valence-electron chi connectivity index (χ3n) is 3.98. The molecule has 1 aliphatic rings. The average Bonchev–Trinajstić information content (AvgIpc) is 2.82. The lowest BCUT2D eigenvalue weighted by molar-refractivity contribution is -0.157. The van der Waals surface area contributed by atoms with E-state index in [1.54, 1.807) is 6.07 Å². The molecule has 1 amide bonds. The molecule has 0 spiro atoms. The van der Waals surface area contributed by atoms with Crippen molar-refractivity contribution in [2.24, 2.45) is 0 Å². The van der Waals surface area contributed by atoms with Crippen LogP contribution in [0.4, 0.5) is 19.0 Å². The van der Waals surface area contributed by atoms with Gasteiger partial charge in [-0.25, -0.2) is 9.78 Å². The van der Waals surface area contributed by atoms with Crippen molar-refractivity contribution in [1.82, 2.24) is 10.3 Å². The largest absolute Gasteiger partial charge is 0.480 e. The standard InChI is InChI=1S/C16H20F3N3O3/c17-16(18,19)9-12(15(24)25)21-14(23)11-5-6-13(20-10-11)22-7-3-1-2-4-8-22/h5-6,10,12H,1-4,7-9H2,(H,21,23)(H,24,25). The van der Waals surface area contributed by atoms with E-state index in [2.05, 4.69) is 9.88 Å². The Morgan fingerprint density at radius 2 is 1.84 bits per heavy atom. The number of halogens is 3. The molecule has 1 aliphatic heterocycles. The van der Waals surface area contributed by atoms with Crippen molar-refractivity contribution in [3.05, 3.63) is 23.9 Å². The number of anilines is 1. The Morgan fingerprint density at radius 3 is 2.32 bits per heavy atom. The normalized spacial score (nSPS) is 16.8. The third kappa shape index (κ3) is 5.91. The summed E-state index contributed by atoms with van der Waals surface area (Å²) in [5, 5.41) is 10.7. The van der Waals surface area contributed by atoms with Gasteiger partial charge in [0.1, 0.15) is 11.9 Å². The summed E-state index contributed by atoms with van der Waals surface area (Å²) in [7, 11) is 0. The van der Waals surface area contributed by atoms with Crippen molar-refractivity contribution in [2.45, 2.75) is 44.3 Å². The number of rotatable bonds is 5. The highest BCUT2D eigenvalue weighted by molar-refractivity contribution is 5.96. The van der Waals surface area contributed by atoms with Gasteiger partial charge in [-0.05, 0) is 25.0 Å². The molecule has 1 saturated heterocycles. The molecule has 9 heteroatoms. The van der Waals surface area contributed by atoms with Crippen LogP contribution in [0, 0.1) is 0 Å². The summed E-state index contributed by atoms with van der Waals surface area (Å²) < 4.78 is 37.1. The van der Waals surface area contributed by atoms with Crippen LogP contribution in [0.5, 0.6) is 0 Å². The number of hydrogen-bond donors (Lipinski definition) is 2. The van der Waals surface area contributed by atoms with Gasteiger partial charge in [0.25, 0.3) is 5.91 Å². The molecule has 0 aromatic carbocycles. The Labute approximate surface area is 143 Å². The van der Waals surface area contributed by atoms with Crippen LogP contribution in [0.2, 0.25) is 0 Å².